The third kappa shape index (κ3) is 3.35. The van der Waals surface area contributed by atoms with Gasteiger partial charge in [0, 0.05) is 6.42 Å². The standard InChI is InChI=1S/C26H26O7/c1-25(2)9-8-14-23-20(22(29)19(24(14)33-25)18-11-26(3,4)32-18)21(28)15(12-31-23)13-6-7-16(27)17(10-13)30-5/h6-10,12,18,27,29H,11H2,1-5H3. The van der Waals surface area contributed by atoms with E-state index in [0.717, 1.165) is 0 Å². The molecule has 5 rings (SSSR count). The molecule has 2 N–H and O–H groups in total. The first-order valence-corrected chi connectivity index (χ1v) is 10.8. The molecule has 1 atom stereocenters. The summed E-state index contributed by atoms with van der Waals surface area (Å²) in [5.41, 5.74) is 0.710. The lowest BCUT2D eigenvalue weighted by molar-refractivity contribution is -0.189. The number of ether oxygens (including phenoxy) is 3. The van der Waals surface area contributed by atoms with Gasteiger partial charge in [-0.25, -0.2) is 0 Å². The van der Waals surface area contributed by atoms with E-state index in [1.807, 2.05) is 39.8 Å². The van der Waals surface area contributed by atoms with Crippen molar-refractivity contribution in [3.05, 3.63) is 51.9 Å². The first-order valence-electron chi connectivity index (χ1n) is 10.8. The van der Waals surface area contributed by atoms with Gasteiger partial charge in [0.25, 0.3) is 0 Å². The van der Waals surface area contributed by atoms with Gasteiger partial charge >= 0.3 is 0 Å². The second kappa shape index (κ2) is 7.02. The van der Waals surface area contributed by atoms with Crippen molar-refractivity contribution in [1.82, 2.24) is 0 Å². The van der Waals surface area contributed by atoms with Gasteiger partial charge in [-0.3, -0.25) is 4.79 Å². The Kier molecular flexibility index (Phi) is 4.55. The fourth-order valence-corrected chi connectivity index (χ4v) is 4.54. The largest absolute Gasteiger partial charge is 0.506 e. The Morgan fingerprint density at radius 1 is 1.15 bits per heavy atom. The predicted octanol–water partition coefficient (Wildman–Crippen LogP) is 5.30. The molecule has 1 fully saturated rings. The Morgan fingerprint density at radius 3 is 2.55 bits per heavy atom. The van der Waals surface area contributed by atoms with Crippen molar-refractivity contribution in [3.63, 3.8) is 0 Å². The summed E-state index contributed by atoms with van der Waals surface area (Å²) < 4.78 is 23.4. The van der Waals surface area contributed by atoms with Gasteiger partial charge in [0.05, 0.1) is 35.5 Å². The monoisotopic (exact) mass is 450 g/mol. The fraction of sp³-hybridized carbons (Fsp3) is 0.346. The van der Waals surface area contributed by atoms with E-state index in [0.29, 0.717) is 28.9 Å². The highest BCUT2D eigenvalue weighted by Gasteiger charge is 2.43. The molecule has 0 spiro atoms. The smallest absolute Gasteiger partial charge is 0.204 e. The second-order valence-electron chi connectivity index (χ2n) is 9.68. The maximum absolute atomic E-state index is 13.6. The summed E-state index contributed by atoms with van der Waals surface area (Å²) in [5.74, 6) is 0.457. The van der Waals surface area contributed by atoms with Crippen molar-refractivity contribution in [1.29, 1.82) is 0 Å². The number of fused-ring (bicyclic) bond motifs is 3. The quantitative estimate of drug-likeness (QED) is 0.558. The summed E-state index contributed by atoms with van der Waals surface area (Å²) in [6.07, 6.45) is 5.37. The van der Waals surface area contributed by atoms with Crippen LogP contribution in [0, 0.1) is 0 Å². The molecule has 0 bridgehead atoms. The lowest BCUT2D eigenvalue weighted by atomic mass is 9.85. The van der Waals surface area contributed by atoms with Gasteiger partial charge in [0.15, 0.2) is 17.1 Å². The molecule has 2 aliphatic heterocycles. The van der Waals surface area contributed by atoms with E-state index in [1.54, 1.807) is 12.1 Å². The number of hydrogen-bond acceptors (Lipinski definition) is 7. The topological polar surface area (TPSA) is 98.4 Å². The van der Waals surface area contributed by atoms with Crippen LogP contribution in [0.25, 0.3) is 28.2 Å². The summed E-state index contributed by atoms with van der Waals surface area (Å²) in [7, 11) is 1.43. The van der Waals surface area contributed by atoms with E-state index in [2.05, 4.69) is 0 Å². The van der Waals surface area contributed by atoms with Crippen LogP contribution in [0.3, 0.4) is 0 Å². The summed E-state index contributed by atoms with van der Waals surface area (Å²) in [4.78, 5) is 13.6. The number of rotatable bonds is 3. The normalized spacial score (nSPS) is 20.1. The van der Waals surface area contributed by atoms with Gasteiger partial charge in [-0.1, -0.05) is 6.07 Å². The minimum atomic E-state index is -0.593. The molecule has 3 aromatic rings. The van der Waals surface area contributed by atoms with E-state index in [-0.39, 0.29) is 39.4 Å². The summed E-state index contributed by atoms with van der Waals surface area (Å²) >= 11 is 0. The Morgan fingerprint density at radius 2 is 1.88 bits per heavy atom. The van der Waals surface area contributed by atoms with Crippen LogP contribution in [0.15, 0.2) is 39.7 Å². The molecule has 3 heterocycles. The molecular formula is C26H26O7. The van der Waals surface area contributed by atoms with E-state index < -0.39 is 17.1 Å². The summed E-state index contributed by atoms with van der Waals surface area (Å²) in [5, 5.41) is 21.3. The maximum Gasteiger partial charge on any atom is 0.204 e. The zero-order chi connectivity index (χ0) is 23.7. The first-order chi connectivity index (χ1) is 15.5. The van der Waals surface area contributed by atoms with Crippen molar-refractivity contribution in [2.45, 2.75) is 51.4 Å². The molecular weight excluding hydrogens is 424 g/mol. The Labute approximate surface area is 190 Å². The summed E-state index contributed by atoms with van der Waals surface area (Å²) in [6.45, 7) is 7.79. The number of methoxy groups -OCH3 is 1. The molecule has 0 amide bonds. The van der Waals surface area contributed by atoms with Crippen LogP contribution < -0.4 is 14.9 Å². The Hall–Kier alpha value is -3.45. The van der Waals surface area contributed by atoms with Gasteiger partial charge < -0.3 is 28.8 Å². The predicted molar refractivity (Wildman–Crippen MR) is 124 cm³/mol. The van der Waals surface area contributed by atoms with E-state index in [4.69, 9.17) is 18.6 Å². The third-order valence-corrected chi connectivity index (χ3v) is 6.19. The molecule has 1 aromatic heterocycles. The molecule has 2 aliphatic rings. The van der Waals surface area contributed by atoms with Crippen LogP contribution in [-0.2, 0) is 4.74 Å². The van der Waals surface area contributed by atoms with Crippen molar-refractivity contribution in [2.75, 3.05) is 7.11 Å². The molecule has 7 nitrogen and oxygen atoms in total. The van der Waals surface area contributed by atoms with Crippen LogP contribution >= 0.6 is 0 Å². The SMILES string of the molecule is COc1cc(-c2coc3c4c(c(C5CC(C)(C)O5)c(O)c3c2=O)OC(C)(C)C=C4)ccc1O. The molecule has 0 radical (unpaired) electrons. The number of hydrogen-bond donors (Lipinski definition) is 2. The van der Waals surface area contributed by atoms with E-state index in [1.165, 1.54) is 19.4 Å². The van der Waals surface area contributed by atoms with Gasteiger partial charge in [-0.15, -0.1) is 0 Å². The molecule has 33 heavy (non-hydrogen) atoms. The average Bonchev–Trinajstić information content (AvgIpc) is 2.72. The lowest BCUT2D eigenvalue weighted by Gasteiger charge is -2.44. The lowest BCUT2D eigenvalue weighted by Crippen LogP contribution is -2.40. The number of phenols is 2. The highest BCUT2D eigenvalue weighted by Crippen LogP contribution is 2.53. The first kappa shape index (κ1) is 21.4. The minimum absolute atomic E-state index is 0.0414. The maximum atomic E-state index is 13.6. The van der Waals surface area contributed by atoms with Crippen molar-refractivity contribution < 1.29 is 28.8 Å². The summed E-state index contributed by atoms with van der Waals surface area (Å²) in [6, 6.07) is 4.58. The molecule has 0 aliphatic carbocycles. The zero-order valence-corrected chi connectivity index (χ0v) is 19.2. The number of phenolic OH excluding ortho intramolecular Hbond substituents is 2. The molecule has 172 valence electrons. The van der Waals surface area contributed by atoms with E-state index in [9.17, 15) is 15.0 Å². The average molecular weight is 450 g/mol. The molecule has 2 aromatic carbocycles. The van der Waals surface area contributed by atoms with Crippen molar-refractivity contribution >= 4 is 17.0 Å². The van der Waals surface area contributed by atoms with Gasteiger partial charge in [0.2, 0.25) is 5.43 Å². The highest BCUT2D eigenvalue weighted by atomic mass is 16.5. The van der Waals surface area contributed by atoms with Crippen LogP contribution in [0.5, 0.6) is 23.0 Å². The van der Waals surface area contributed by atoms with Crippen LogP contribution in [0.1, 0.15) is 51.3 Å². The fourth-order valence-electron chi connectivity index (χ4n) is 4.54. The molecule has 0 saturated carbocycles. The Balaban J connectivity index is 1.79. The number of aromatic hydroxyl groups is 2. The van der Waals surface area contributed by atoms with Gasteiger partial charge in [0.1, 0.15) is 28.7 Å². The molecule has 7 heteroatoms. The highest BCUT2D eigenvalue weighted by molar-refractivity contribution is 5.97. The van der Waals surface area contributed by atoms with Crippen molar-refractivity contribution in [3.8, 4) is 34.1 Å². The van der Waals surface area contributed by atoms with Gasteiger partial charge in [-0.2, -0.15) is 0 Å². The van der Waals surface area contributed by atoms with Crippen LogP contribution in [0.2, 0.25) is 0 Å². The zero-order valence-electron chi connectivity index (χ0n) is 19.2. The molecule has 1 saturated heterocycles. The number of benzene rings is 2. The third-order valence-electron chi connectivity index (χ3n) is 6.19. The van der Waals surface area contributed by atoms with Crippen LogP contribution in [0.4, 0.5) is 0 Å². The Bertz CT molecular complexity index is 1370. The minimum Gasteiger partial charge on any atom is -0.506 e. The van der Waals surface area contributed by atoms with Crippen LogP contribution in [-0.4, -0.2) is 28.5 Å². The second-order valence-corrected chi connectivity index (χ2v) is 9.68. The van der Waals surface area contributed by atoms with Gasteiger partial charge in [-0.05, 0) is 57.5 Å². The molecule has 1 unspecified atom stereocenters. The van der Waals surface area contributed by atoms with Crippen molar-refractivity contribution in [2.24, 2.45) is 0 Å². The van der Waals surface area contributed by atoms with E-state index >= 15 is 0 Å².